The summed E-state index contributed by atoms with van der Waals surface area (Å²) in [6, 6.07) is 6.72. The summed E-state index contributed by atoms with van der Waals surface area (Å²) in [5.74, 6) is -2.50. The third kappa shape index (κ3) is 4.13. The smallest absolute Gasteiger partial charge is 0.420 e. The largest absolute Gasteiger partial charge is 0.462 e. The zero-order valence-corrected chi connectivity index (χ0v) is 17.5. The lowest BCUT2D eigenvalue weighted by Gasteiger charge is -2.07. The number of fused-ring (bicyclic) bond motifs is 1. The van der Waals surface area contributed by atoms with Gasteiger partial charge in [-0.1, -0.05) is 12.1 Å². The number of hydrogen-bond acceptors (Lipinski definition) is 8. The first-order valence-corrected chi connectivity index (χ1v) is 10.0. The van der Waals surface area contributed by atoms with Crippen LogP contribution in [0.3, 0.4) is 0 Å². The number of oxazole rings is 1. The number of amides is 1. The molecule has 1 N–H and O–H groups in total. The Morgan fingerprint density at radius 2 is 1.77 bits per heavy atom. The standard InChI is InChI=1S/C20H20N2O7S/c1-4-27-18(24)15-11(3)16(19(25)28-5-2)30-17(15)21-14(23)10-22-12-8-6-7-9-13(12)29-20(22)26/h6-9H,4-5,10H2,1-3H3,(H,21,23). The second kappa shape index (κ2) is 8.95. The first-order valence-electron chi connectivity index (χ1n) is 9.23. The molecule has 1 amide bonds. The molecule has 1 aromatic carbocycles. The molecule has 0 saturated heterocycles. The molecule has 9 nitrogen and oxygen atoms in total. The third-order valence-corrected chi connectivity index (χ3v) is 5.40. The number of thiophene rings is 1. The summed E-state index contributed by atoms with van der Waals surface area (Å²) in [6.07, 6.45) is 0. The fourth-order valence-electron chi connectivity index (χ4n) is 2.92. The summed E-state index contributed by atoms with van der Waals surface area (Å²) in [5, 5.41) is 2.76. The minimum absolute atomic E-state index is 0.0858. The van der Waals surface area contributed by atoms with Crippen LogP contribution in [0.5, 0.6) is 0 Å². The van der Waals surface area contributed by atoms with Gasteiger partial charge in [0, 0.05) is 0 Å². The fourth-order valence-corrected chi connectivity index (χ4v) is 4.02. The maximum Gasteiger partial charge on any atom is 0.420 e. The van der Waals surface area contributed by atoms with Gasteiger partial charge in [0.2, 0.25) is 5.91 Å². The molecule has 30 heavy (non-hydrogen) atoms. The summed E-state index contributed by atoms with van der Waals surface area (Å²) in [7, 11) is 0. The Morgan fingerprint density at radius 3 is 2.47 bits per heavy atom. The molecule has 158 valence electrons. The first kappa shape index (κ1) is 21.3. The van der Waals surface area contributed by atoms with Gasteiger partial charge in [0.15, 0.2) is 5.58 Å². The molecule has 2 aromatic heterocycles. The quantitative estimate of drug-likeness (QED) is 0.571. The average molecular weight is 432 g/mol. The van der Waals surface area contributed by atoms with E-state index in [0.717, 1.165) is 11.3 Å². The van der Waals surface area contributed by atoms with Crippen molar-refractivity contribution < 1.29 is 28.3 Å². The molecule has 0 bridgehead atoms. The van der Waals surface area contributed by atoms with E-state index in [1.54, 1.807) is 45.0 Å². The molecule has 0 aliphatic heterocycles. The van der Waals surface area contributed by atoms with E-state index in [-0.39, 0.29) is 35.2 Å². The molecule has 0 radical (unpaired) electrons. The summed E-state index contributed by atoms with van der Waals surface area (Å²) >= 11 is 0.919. The van der Waals surface area contributed by atoms with Crippen molar-refractivity contribution in [1.29, 1.82) is 0 Å². The van der Waals surface area contributed by atoms with E-state index in [1.165, 1.54) is 4.57 Å². The van der Waals surface area contributed by atoms with E-state index in [9.17, 15) is 19.2 Å². The van der Waals surface area contributed by atoms with Gasteiger partial charge in [0.05, 0.1) is 24.3 Å². The zero-order chi connectivity index (χ0) is 21.8. The molecule has 3 rings (SSSR count). The van der Waals surface area contributed by atoms with Crippen molar-refractivity contribution in [1.82, 2.24) is 4.57 Å². The summed E-state index contributed by atoms with van der Waals surface area (Å²) in [5.41, 5.74) is 1.28. The van der Waals surface area contributed by atoms with Gasteiger partial charge in [-0.15, -0.1) is 11.3 Å². The van der Waals surface area contributed by atoms with Gasteiger partial charge in [-0.2, -0.15) is 0 Å². The molecule has 0 saturated carbocycles. The molecule has 2 heterocycles. The molecule has 10 heteroatoms. The Balaban J connectivity index is 1.92. The van der Waals surface area contributed by atoms with Crippen LogP contribution in [-0.2, 0) is 20.8 Å². The SMILES string of the molecule is CCOC(=O)c1sc(NC(=O)Cn2c(=O)oc3ccccc32)c(C(=O)OCC)c1C. The van der Waals surface area contributed by atoms with Crippen LogP contribution >= 0.6 is 11.3 Å². The highest BCUT2D eigenvalue weighted by Gasteiger charge is 2.27. The number of hydrogen-bond donors (Lipinski definition) is 1. The monoisotopic (exact) mass is 432 g/mol. The van der Waals surface area contributed by atoms with Crippen molar-refractivity contribution in [2.75, 3.05) is 18.5 Å². The van der Waals surface area contributed by atoms with Crippen molar-refractivity contribution in [3.63, 3.8) is 0 Å². The number of nitrogens with one attached hydrogen (secondary N) is 1. The fraction of sp³-hybridized carbons (Fsp3) is 0.300. The van der Waals surface area contributed by atoms with Crippen LogP contribution < -0.4 is 11.1 Å². The predicted octanol–water partition coefficient (Wildman–Crippen LogP) is 2.96. The van der Waals surface area contributed by atoms with Crippen molar-refractivity contribution in [2.24, 2.45) is 0 Å². The Hall–Kier alpha value is -3.40. The number of esters is 2. The predicted molar refractivity (Wildman–Crippen MR) is 110 cm³/mol. The average Bonchev–Trinajstić information content (AvgIpc) is 3.19. The lowest BCUT2D eigenvalue weighted by atomic mass is 10.1. The van der Waals surface area contributed by atoms with E-state index in [1.807, 2.05) is 0 Å². The van der Waals surface area contributed by atoms with Gasteiger partial charge >= 0.3 is 17.7 Å². The van der Waals surface area contributed by atoms with E-state index in [0.29, 0.717) is 16.7 Å². The second-order valence-corrected chi connectivity index (χ2v) is 7.19. The Labute approximate surface area is 175 Å². The van der Waals surface area contributed by atoms with Gasteiger partial charge in [0.1, 0.15) is 16.4 Å². The van der Waals surface area contributed by atoms with Gasteiger partial charge < -0.3 is 19.2 Å². The molecule has 0 spiro atoms. The number of aromatic nitrogens is 1. The Morgan fingerprint density at radius 1 is 1.10 bits per heavy atom. The Bertz CT molecular complexity index is 1170. The number of carbonyl (C=O) groups excluding carboxylic acids is 3. The van der Waals surface area contributed by atoms with Gasteiger partial charge in [-0.25, -0.2) is 14.4 Å². The number of rotatable bonds is 7. The molecule has 0 fully saturated rings. The van der Waals surface area contributed by atoms with Crippen LogP contribution in [-0.4, -0.2) is 35.6 Å². The summed E-state index contributed by atoms with van der Waals surface area (Å²) in [6.45, 7) is 4.88. The Kier molecular flexibility index (Phi) is 6.36. The first-order chi connectivity index (χ1) is 14.4. The van der Waals surface area contributed by atoms with Gasteiger partial charge in [-0.3, -0.25) is 9.36 Å². The number of para-hydroxylation sites is 2. The molecule has 0 aliphatic carbocycles. The maximum absolute atomic E-state index is 12.7. The number of anilines is 1. The number of carbonyl (C=O) groups is 3. The number of benzene rings is 1. The molecule has 0 aliphatic rings. The molecule has 0 atom stereocenters. The second-order valence-electron chi connectivity index (χ2n) is 6.17. The van der Waals surface area contributed by atoms with Crippen molar-refractivity contribution >= 4 is 45.3 Å². The van der Waals surface area contributed by atoms with Crippen molar-refractivity contribution in [3.05, 3.63) is 50.8 Å². The van der Waals surface area contributed by atoms with Crippen molar-refractivity contribution in [2.45, 2.75) is 27.3 Å². The normalized spacial score (nSPS) is 10.8. The third-order valence-electron chi connectivity index (χ3n) is 4.22. The van der Waals surface area contributed by atoms with Crippen LogP contribution in [0.2, 0.25) is 0 Å². The van der Waals surface area contributed by atoms with Crippen molar-refractivity contribution in [3.8, 4) is 0 Å². The van der Waals surface area contributed by atoms with Crippen LogP contribution in [0.15, 0.2) is 33.5 Å². The van der Waals surface area contributed by atoms with Crippen LogP contribution in [0, 0.1) is 6.92 Å². The summed E-state index contributed by atoms with van der Waals surface area (Å²) < 4.78 is 16.4. The van der Waals surface area contributed by atoms with E-state index in [2.05, 4.69) is 5.32 Å². The lowest BCUT2D eigenvalue weighted by molar-refractivity contribution is -0.116. The highest BCUT2D eigenvalue weighted by Crippen LogP contribution is 2.34. The highest BCUT2D eigenvalue weighted by atomic mass is 32.1. The summed E-state index contributed by atoms with van der Waals surface area (Å²) in [4.78, 5) is 49.6. The molecule has 0 unspecified atom stereocenters. The molecular weight excluding hydrogens is 412 g/mol. The van der Waals surface area contributed by atoms with Crippen LogP contribution in [0.25, 0.3) is 11.1 Å². The highest BCUT2D eigenvalue weighted by molar-refractivity contribution is 7.18. The van der Waals surface area contributed by atoms with Gasteiger partial charge in [0.25, 0.3) is 0 Å². The van der Waals surface area contributed by atoms with Crippen LogP contribution in [0.1, 0.15) is 39.4 Å². The van der Waals surface area contributed by atoms with E-state index in [4.69, 9.17) is 13.9 Å². The number of ether oxygens (including phenoxy) is 2. The zero-order valence-electron chi connectivity index (χ0n) is 16.6. The topological polar surface area (TPSA) is 117 Å². The van der Waals surface area contributed by atoms with E-state index >= 15 is 0 Å². The maximum atomic E-state index is 12.7. The molecular formula is C20H20N2O7S. The van der Waals surface area contributed by atoms with Gasteiger partial charge in [-0.05, 0) is 38.5 Å². The number of nitrogens with zero attached hydrogens (tertiary/aromatic N) is 1. The minimum atomic E-state index is -0.675. The lowest BCUT2D eigenvalue weighted by Crippen LogP contribution is -2.25. The van der Waals surface area contributed by atoms with E-state index < -0.39 is 23.6 Å². The molecule has 3 aromatic rings. The minimum Gasteiger partial charge on any atom is -0.462 e. The van der Waals surface area contributed by atoms with Crippen LogP contribution in [0.4, 0.5) is 5.00 Å².